The predicted molar refractivity (Wildman–Crippen MR) is 121 cm³/mol. The Bertz CT molecular complexity index is 1140. The lowest BCUT2D eigenvalue weighted by Crippen LogP contribution is -2.39. The molecule has 2 N–H and O–H groups in total. The van der Waals surface area contributed by atoms with E-state index in [9.17, 15) is 19.2 Å². The van der Waals surface area contributed by atoms with Crippen LogP contribution in [0.1, 0.15) is 48.7 Å². The minimum atomic E-state index is -0.907. The monoisotopic (exact) mass is 453 g/mol. The zero-order valence-electron chi connectivity index (χ0n) is 17.9. The maximum Gasteiger partial charge on any atom is 0.328 e. The molecule has 3 aromatic rings. The Balaban J connectivity index is 1.59. The Morgan fingerprint density at radius 1 is 1.03 bits per heavy atom. The van der Waals surface area contributed by atoms with Gasteiger partial charge in [-0.2, -0.15) is 0 Å². The number of ether oxygens (including phenoxy) is 1. The number of amides is 2. The second-order valence-corrected chi connectivity index (χ2v) is 8.08. The van der Waals surface area contributed by atoms with E-state index >= 15 is 0 Å². The van der Waals surface area contributed by atoms with E-state index in [4.69, 9.17) is 4.74 Å². The van der Waals surface area contributed by atoms with Crippen molar-refractivity contribution in [3.63, 3.8) is 0 Å². The Labute approximate surface area is 189 Å². The number of carbonyl (C=O) groups is 4. The number of ketones is 1. The number of aryl methyl sites for hydroxylation is 1. The molecule has 0 radical (unpaired) electrons. The highest BCUT2D eigenvalue weighted by Crippen LogP contribution is 2.15. The van der Waals surface area contributed by atoms with Crippen molar-refractivity contribution in [1.29, 1.82) is 0 Å². The molecule has 0 aliphatic carbocycles. The van der Waals surface area contributed by atoms with Crippen molar-refractivity contribution in [3.05, 3.63) is 81.3 Å². The standard InChI is InChI=1S/C23H23N3O5S/c1-14-12-18(16(3)26(14)25-21(28)17-8-5-4-6-9-17)19(27)13-31-23(30)15(2)24-22(29)20-10-7-11-32-20/h4-12,15H,13H2,1-3H3,(H,24,29)(H,25,28). The van der Waals surface area contributed by atoms with Gasteiger partial charge in [0.1, 0.15) is 6.04 Å². The SMILES string of the molecule is Cc1cc(C(=O)COC(=O)C(C)NC(=O)c2cccs2)c(C)n1NC(=O)c1ccccc1. The van der Waals surface area contributed by atoms with Crippen molar-refractivity contribution in [2.24, 2.45) is 0 Å². The van der Waals surface area contributed by atoms with Gasteiger partial charge >= 0.3 is 5.97 Å². The number of hydrogen-bond donors (Lipinski definition) is 2. The first kappa shape index (κ1) is 23.0. The third-order valence-corrected chi connectivity index (χ3v) is 5.64. The molecule has 2 amide bonds. The van der Waals surface area contributed by atoms with E-state index in [-0.39, 0.29) is 11.8 Å². The van der Waals surface area contributed by atoms with Gasteiger partial charge in [-0.3, -0.25) is 24.5 Å². The van der Waals surface area contributed by atoms with Crippen molar-refractivity contribution in [2.45, 2.75) is 26.8 Å². The number of aromatic nitrogens is 1. The summed E-state index contributed by atoms with van der Waals surface area (Å²) in [6, 6.07) is 12.8. The van der Waals surface area contributed by atoms with Crippen LogP contribution in [0.2, 0.25) is 0 Å². The van der Waals surface area contributed by atoms with E-state index in [0.717, 1.165) is 0 Å². The van der Waals surface area contributed by atoms with Gasteiger partial charge in [0.15, 0.2) is 6.61 Å². The molecule has 0 saturated heterocycles. The van der Waals surface area contributed by atoms with Gasteiger partial charge in [0.25, 0.3) is 11.8 Å². The van der Waals surface area contributed by atoms with Gasteiger partial charge in [-0.15, -0.1) is 11.3 Å². The molecule has 9 heteroatoms. The molecule has 1 unspecified atom stereocenters. The largest absolute Gasteiger partial charge is 0.456 e. The molecule has 1 aromatic carbocycles. The highest BCUT2D eigenvalue weighted by atomic mass is 32.1. The number of nitrogens with one attached hydrogen (secondary N) is 2. The van der Waals surface area contributed by atoms with Crippen LogP contribution >= 0.6 is 11.3 Å². The van der Waals surface area contributed by atoms with E-state index < -0.39 is 24.4 Å². The first-order valence-corrected chi connectivity index (χ1v) is 10.8. The molecule has 0 fully saturated rings. The number of thiophene rings is 1. The number of nitrogens with zero attached hydrogens (tertiary/aromatic N) is 1. The number of hydrogen-bond acceptors (Lipinski definition) is 6. The van der Waals surface area contributed by atoms with Crippen LogP contribution in [0.25, 0.3) is 0 Å². The Morgan fingerprint density at radius 3 is 2.41 bits per heavy atom. The number of rotatable bonds is 8. The van der Waals surface area contributed by atoms with E-state index in [1.165, 1.54) is 22.9 Å². The summed E-state index contributed by atoms with van der Waals surface area (Å²) < 4.78 is 6.62. The number of Topliss-reactive ketones (excluding diaryl/α,β-unsaturated/α-hetero) is 1. The van der Waals surface area contributed by atoms with Crippen LogP contribution in [-0.4, -0.2) is 40.9 Å². The van der Waals surface area contributed by atoms with E-state index in [1.807, 2.05) is 6.07 Å². The summed E-state index contributed by atoms with van der Waals surface area (Å²) in [6.07, 6.45) is 0. The summed E-state index contributed by atoms with van der Waals surface area (Å²) in [5.41, 5.74) is 4.75. The average molecular weight is 454 g/mol. The van der Waals surface area contributed by atoms with Gasteiger partial charge in [-0.05, 0) is 50.4 Å². The highest BCUT2D eigenvalue weighted by molar-refractivity contribution is 7.12. The molecule has 0 aliphatic rings. The third-order valence-electron chi connectivity index (χ3n) is 4.77. The lowest BCUT2D eigenvalue weighted by molar-refractivity contribution is -0.144. The van der Waals surface area contributed by atoms with Crippen molar-refractivity contribution in [3.8, 4) is 0 Å². The minimum Gasteiger partial charge on any atom is -0.456 e. The lowest BCUT2D eigenvalue weighted by atomic mass is 10.1. The van der Waals surface area contributed by atoms with Crippen LogP contribution in [-0.2, 0) is 9.53 Å². The zero-order valence-corrected chi connectivity index (χ0v) is 18.7. The summed E-state index contributed by atoms with van der Waals surface area (Å²) in [6.45, 7) is 4.46. The topological polar surface area (TPSA) is 106 Å². The fourth-order valence-electron chi connectivity index (χ4n) is 3.05. The first-order valence-electron chi connectivity index (χ1n) is 9.87. The molecule has 3 rings (SSSR count). The fourth-order valence-corrected chi connectivity index (χ4v) is 3.67. The summed E-state index contributed by atoms with van der Waals surface area (Å²) >= 11 is 1.26. The second-order valence-electron chi connectivity index (χ2n) is 7.13. The number of benzene rings is 1. The molecule has 0 saturated carbocycles. The smallest absolute Gasteiger partial charge is 0.328 e. The van der Waals surface area contributed by atoms with Crippen molar-refractivity contribution >= 4 is 34.9 Å². The van der Waals surface area contributed by atoms with Gasteiger partial charge in [-0.1, -0.05) is 24.3 Å². The molecule has 0 aliphatic heterocycles. The van der Waals surface area contributed by atoms with Crippen LogP contribution < -0.4 is 10.7 Å². The van der Waals surface area contributed by atoms with Crippen molar-refractivity contribution in [1.82, 2.24) is 9.99 Å². The molecule has 32 heavy (non-hydrogen) atoms. The zero-order chi connectivity index (χ0) is 23.3. The summed E-state index contributed by atoms with van der Waals surface area (Å²) in [5, 5.41) is 4.30. The Morgan fingerprint density at radius 2 is 1.75 bits per heavy atom. The van der Waals surface area contributed by atoms with Gasteiger partial charge in [0.05, 0.1) is 4.88 Å². The predicted octanol–water partition coefficient (Wildman–Crippen LogP) is 3.09. The molecule has 2 heterocycles. The summed E-state index contributed by atoms with van der Waals surface area (Å²) in [7, 11) is 0. The van der Waals surface area contributed by atoms with Crippen molar-refractivity contribution in [2.75, 3.05) is 12.0 Å². The quantitative estimate of drug-likeness (QED) is 0.403. The third kappa shape index (κ3) is 5.30. The molecule has 0 spiro atoms. The molecule has 166 valence electrons. The van der Waals surface area contributed by atoms with Crippen LogP contribution in [0.15, 0.2) is 53.9 Å². The highest BCUT2D eigenvalue weighted by Gasteiger charge is 2.22. The number of esters is 1. The van der Waals surface area contributed by atoms with Gasteiger partial charge in [0, 0.05) is 22.5 Å². The Kier molecular flexibility index (Phi) is 7.21. The summed E-state index contributed by atoms with van der Waals surface area (Å²) in [5.74, 6) is -1.82. The normalized spacial score (nSPS) is 11.5. The maximum atomic E-state index is 12.6. The minimum absolute atomic E-state index is 0.312. The second kappa shape index (κ2) is 10.1. The molecular formula is C23H23N3O5S. The van der Waals surface area contributed by atoms with E-state index in [2.05, 4.69) is 10.7 Å². The Hall–Kier alpha value is -3.72. The lowest BCUT2D eigenvalue weighted by Gasteiger charge is -2.13. The van der Waals surface area contributed by atoms with Crippen LogP contribution in [0, 0.1) is 13.8 Å². The maximum absolute atomic E-state index is 12.6. The van der Waals surface area contributed by atoms with Gasteiger partial charge in [-0.25, -0.2) is 4.79 Å². The summed E-state index contributed by atoms with van der Waals surface area (Å²) in [4.78, 5) is 49.8. The molecule has 2 aromatic heterocycles. The van der Waals surface area contributed by atoms with Gasteiger partial charge in [0.2, 0.25) is 5.78 Å². The number of carbonyl (C=O) groups excluding carboxylic acids is 4. The molecule has 8 nitrogen and oxygen atoms in total. The van der Waals surface area contributed by atoms with Gasteiger partial charge < -0.3 is 10.1 Å². The van der Waals surface area contributed by atoms with E-state index in [0.29, 0.717) is 27.4 Å². The molecular weight excluding hydrogens is 430 g/mol. The average Bonchev–Trinajstić information content (AvgIpc) is 3.42. The van der Waals surface area contributed by atoms with Crippen LogP contribution in [0.4, 0.5) is 0 Å². The molecule has 1 atom stereocenters. The van der Waals surface area contributed by atoms with E-state index in [1.54, 1.807) is 61.7 Å². The van der Waals surface area contributed by atoms with Crippen LogP contribution in [0.5, 0.6) is 0 Å². The molecule has 0 bridgehead atoms. The van der Waals surface area contributed by atoms with Crippen LogP contribution in [0.3, 0.4) is 0 Å². The first-order chi connectivity index (χ1) is 15.3. The van der Waals surface area contributed by atoms with Crippen molar-refractivity contribution < 1.29 is 23.9 Å². The fraction of sp³-hybridized carbons (Fsp3) is 0.217.